The van der Waals surface area contributed by atoms with Crippen molar-refractivity contribution in [1.29, 1.82) is 0 Å². The summed E-state index contributed by atoms with van der Waals surface area (Å²) in [6.45, 7) is 0.406. The van der Waals surface area contributed by atoms with Crippen LogP contribution in [0.25, 0.3) is 0 Å². The largest absolute Gasteiger partial charge is 0.445 e. The third kappa shape index (κ3) is 9.16. The number of ether oxygens (including phenoxy) is 1. The Morgan fingerprint density at radius 1 is 0.875 bits per heavy atom. The summed E-state index contributed by atoms with van der Waals surface area (Å²) >= 11 is 11.6. The Hall–Kier alpha value is -2.77. The van der Waals surface area contributed by atoms with Gasteiger partial charge in [-0.05, 0) is 11.1 Å². The van der Waals surface area contributed by atoms with Crippen LogP contribution in [0.1, 0.15) is 11.1 Å². The quantitative estimate of drug-likeness (QED) is 0.458. The highest BCUT2D eigenvalue weighted by Crippen LogP contribution is 2.07. The second-order valence-corrected chi connectivity index (χ2v) is 7.68. The van der Waals surface area contributed by atoms with E-state index >= 15 is 0 Å². The van der Waals surface area contributed by atoms with E-state index in [1.807, 2.05) is 60.7 Å². The van der Waals surface area contributed by atoms with E-state index < -0.39 is 18.0 Å². The number of alkyl halides is 2. The van der Waals surface area contributed by atoms with E-state index in [0.717, 1.165) is 11.1 Å². The number of benzene rings is 2. The van der Waals surface area contributed by atoms with Crippen LogP contribution in [0.4, 0.5) is 4.79 Å². The highest BCUT2D eigenvalue weighted by Gasteiger charge is 2.26. The fourth-order valence-corrected chi connectivity index (χ4v) is 3.39. The lowest BCUT2D eigenvalue weighted by Crippen LogP contribution is -2.52. The third-order valence-corrected chi connectivity index (χ3v) is 4.88. The van der Waals surface area contributed by atoms with Crippen molar-refractivity contribution in [3.8, 4) is 0 Å². The first-order chi connectivity index (χ1) is 15.5. The molecule has 1 atom stereocenters. The molecular weight excluding hydrogens is 453 g/mol. The first-order valence-electron chi connectivity index (χ1n) is 10.2. The average molecular weight is 480 g/mol. The lowest BCUT2D eigenvalue weighted by molar-refractivity contribution is -0.135. The van der Waals surface area contributed by atoms with Gasteiger partial charge in [-0.25, -0.2) is 4.79 Å². The first kappa shape index (κ1) is 25.5. The van der Waals surface area contributed by atoms with Gasteiger partial charge < -0.3 is 20.3 Å². The zero-order valence-electron chi connectivity index (χ0n) is 17.6. The van der Waals surface area contributed by atoms with Gasteiger partial charge in [-0.2, -0.15) is 0 Å². The number of rotatable bonds is 12. The SMILES string of the molecule is O=C(CNC(=O)OCc1ccccc1)N[C@H](Cc1ccccc1)C(=O)N(CCCl)CCCl. The van der Waals surface area contributed by atoms with Crippen LogP contribution in [0, 0.1) is 0 Å². The molecule has 0 bridgehead atoms. The van der Waals surface area contributed by atoms with Gasteiger partial charge in [0.25, 0.3) is 0 Å². The maximum absolute atomic E-state index is 13.0. The molecule has 0 radical (unpaired) electrons. The minimum absolute atomic E-state index is 0.0925. The van der Waals surface area contributed by atoms with Gasteiger partial charge in [-0.3, -0.25) is 9.59 Å². The Kier molecular flexibility index (Phi) is 11.4. The molecular formula is C23H27Cl2N3O4. The molecule has 7 nitrogen and oxygen atoms in total. The molecule has 2 rings (SSSR count). The minimum atomic E-state index is -0.821. The second-order valence-electron chi connectivity index (χ2n) is 6.93. The predicted octanol–water partition coefficient (Wildman–Crippen LogP) is 2.95. The summed E-state index contributed by atoms with van der Waals surface area (Å²) in [6, 6.07) is 17.7. The van der Waals surface area contributed by atoms with Crippen LogP contribution in [0.2, 0.25) is 0 Å². The molecule has 0 unspecified atom stereocenters. The lowest BCUT2D eigenvalue weighted by Gasteiger charge is -2.27. The molecule has 32 heavy (non-hydrogen) atoms. The van der Waals surface area contributed by atoms with Gasteiger partial charge in [0, 0.05) is 31.3 Å². The molecule has 172 valence electrons. The van der Waals surface area contributed by atoms with Crippen LogP contribution in [0.15, 0.2) is 60.7 Å². The summed E-state index contributed by atoms with van der Waals surface area (Å²) in [7, 11) is 0. The number of hydrogen-bond donors (Lipinski definition) is 2. The number of amides is 3. The topological polar surface area (TPSA) is 87.7 Å². The zero-order chi connectivity index (χ0) is 23.2. The molecule has 9 heteroatoms. The number of hydrogen-bond acceptors (Lipinski definition) is 4. The average Bonchev–Trinajstić information content (AvgIpc) is 2.81. The smallest absolute Gasteiger partial charge is 0.407 e. The molecule has 2 aromatic carbocycles. The molecule has 0 aliphatic carbocycles. The van der Waals surface area contributed by atoms with Crippen LogP contribution in [0.3, 0.4) is 0 Å². The van der Waals surface area contributed by atoms with Gasteiger partial charge in [-0.15, -0.1) is 23.2 Å². The van der Waals surface area contributed by atoms with Gasteiger partial charge in [0.05, 0.1) is 0 Å². The minimum Gasteiger partial charge on any atom is -0.445 e. The van der Waals surface area contributed by atoms with Crippen molar-refractivity contribution in [3.63, 3.8) is 0 Å². The molecule has 0 aliphatic rings. The van der Waals surface area contributed by atoms with Crippen LogP contribution >= 0.6 is 23.2 Å². The lowest BCUT2D eigenvalue weighted by atomic mass is 10.0. The summed E-state index contributed by atoms with van der Waals surface area (Å²) < 4.78 is 5.09. The first-order valence-corrected chi connectivity index (χ1v) is 11.3. The molecule has 0 fully saturated rings. The van der Waals surface area contributed by atoms with E-state index in [4.69, 9.17) is 27.9 Å². The molecule has 0 aliphatic heterocycles. The van der Waals surface area contributed by atoms with Gasteiger partial charge in [-0.1, -0.05) is 60.7 Å². The summed E-state index contributed by atoms with van der Waals surface area (Å²) in [6.07, 6.45) is -0.425. The van der Waals surface area contributed by atoms with Gasteiger partial charge >= 0.3 is 6.09 Å². The van der Waals surface area contributed by atoms with Crippen molar-refractivity contribution in [2.45, 2.75) is 19.1 Å². The Morgan fingerprint density at radius 3 is 2.00 bits per heavy atom. The van der Waals surface area contributed by atoms with Crippen molar-refractivity contribution < 1.29 is 19.1 Å². The van der Waals surface area contributed by atoms with Gasteiger partial charge in [0.2, 0.25) is 11.8 Å². The molecule has 3 amide bonds. The molecule has 2 N–H and O–H groups in total. The Balaban J connectivity index is 1.93. The van der Waals surface area contributed by atoms with E-state index in [9.17, 15) is 14.4 Å². The van der Waals surface area contributed by atoms with Crippen molar-refractivity contribution in [3.05, 3.63) is 71.8 Å². The van der Waals surface area contributed by atoms with Gasteiger partial charge in [0.1, 0.15) is 19.2 Å². The monoisotopic (exact) mass is 479 g/mol. The maximum atomic E-state index is 13.0. The van der Waals surface area contributed by atoms with Crippen LogP contribution in [-0.2, 0) is 27.4 Å². The number of carbonyl (C=O) groups excluding carboxylic acids is 3. The highest BCUT2D eigenvalue weighted by molar-refractivity contribution is 6.18. The summed E-state index contributed by atoms with van der Waals surface area (Å²) in [4.78, 5) is 38.9. The molecule has 0 heterocycles. The van der Waals surface area contributed by atoms with E-state index in [-0.39, 0.29) is 30.8 Å². The number of carbonyl (C=O) groups is 3. The summed E-state index contributed by atoms with van der Waals surface area (Å²) in [5.41, 5.74) is 1.72. The fourth-order valence-electron chi connectivity index (χ4n) is 2.98. The van der Waals surface area contributed by atoms with E-state index in [0.29, 0.717) is 19.5 Å². The second kappa shape index (κ2) is 14.3. The molecule has 0 aromatic heterocycles. The van der Waals surface area contributed by atoms with Crippen LogP contribution < -0.4 is 10.6 Å². The van der Waals surface area contributed by atoms with E-state index in [2.05, 4.69) is 10.6 Å². The normalized spacial score (nSPS) is 11.3. The van der Waals surface area contributed by atoms with Crippen molar-refractivity contribution in [2.75, 3.05) is 31.4 Å². The van der Waals surface area contributed by atoms with Gasteiger partial charge in [0.15, 0.2) is 0 Å². The molecule has 0 spiro atoms. The standard InChI is InChI=1S/C23H27Cl2N3O4/c24-11-13-28(14-12-25)22(30)20(15-18-7-3-1-4-8-18)27-21(29)16-26-23(31)32-17-19-9-5-2-6-10-19/h1-10,20H,11-17H2,(H,26,31)(H,27,29)/t20-/m1/s1. The highest BCUT2D eigenvalue weighted by atomic mass is 35.5. The zero-order valence-corrected chi connectivity index (χ0v) is 19.1. The van der Waals surface area contributed by atoms with E-state index in [1.54, 1.807) is 0 Å². The predicted molar refractivity (Wildman–Crippen MR) is 125 cm³/mol. The molecule has 2 aromatic rings. The molecule has 0 saturated carbocycles. The van der Waals surface area contributed by atoms with E-state index in [1.165, 1.54) is 4.90 Å². The Morgan fingerprint density at radius 2 is 1.44 bits per heavy atom. The van der Waals surface area contributed by atoms with Crippen LogP contribution in [0.5, 0.6) is 0 Å². The molecule has 0 saturated heterocycles. The fraction of sp³-hybridized carbons (Fsp3) is 0.348. The third-order valence-electron chi connectivity index (χ3n) is 4.54. The van der Waals surface area contributed by atoms with Crippen LogP contribution in [-0.4, -0.2) is 60.2 Å². The maximum Gasteiger partial charge on any atom is 0.407 e. The number of nitrogens with one attached hydrogen (secondary N) is 2. The number of nitrogens with zero attached hydrogens (tertiary/aromatic N) is 1. The number of halogens is 2. The summed E-state index contributed by atoms with van der Waals surface area (Å²) in [5, 5.41) is 5.11. The van der Waals surface area contributed by atoms with Crippen molar-refractivity contribution in [1.82, 2.24) is 15.5 Å². The summed E-state index contributed by atoms with van der Waals surface area (Å²) in [5.74, 6) is -0.282. The Labute approximate surface area is 198 Å². The number of alkyl carbamates (subject to hydrolysis) is 1. The van der Waals surface area contributed by atoms with Crippen molar-refractivity contribution in [2.24, 2.45) is 0 Å². The Bertz CT molecular complexity index is 847. The van der Waals surface area contributed by atoms with Crippen molar-refractivity contribution >= 4 is 41.1 Å².